The Hall–Kier alpha value is -1.40. The minimum Gasteiger partial charge on any atom is -0.391 e. The second kappa shape index (κ2) is 5.97. The first-order valence-electron chi connectivity index (χ1n) is 5.94. The van der Waals surface area contributed by atoms with Crippen molar-refractivity contribution in [1.82, 2.24) is 10.2 Å². The van der Waals surface area contributed by atoms with Crippen molar-refractivity contribution in [3.05, 3.63) is 22.4 Å². The molecule has 1 fully saturated rings. The molecule has 0 radical (unpaired) electrons. The lowest BCUT2D eigenvalue weighted by Crippen LogP contribution is -2.46. The van der Waals surface area contributed by atoms with E-state index in [-0.39, 0.29) is 18.4 Å². The Morgan fingerprint density at radius 1 is 1.56 bits per heavy atom. The van der Waals surface area contributed by atoms with Gasteiger partial charge < -0.3 is 15.3 Å². The largest absolute Gasteiger partial charge is 0.391 e. The lowest BCUT2D eigenvalue weighted by atomic mass is 10.1. The van der Waals surface area contributed by atoms with Gasteiger partial charge in [0.1, 0.15) is 0 Å². The number of aliphatic hydroxyl groups is 1. The number of β-amino-alcohol motifs (C(OH)–C–C–N with tert-alkyl or cyclic N) is 1. The number of nitrogens with zero attached hydrogens (tertiary/aromatic N) is 1. The molecule has 0 aromatic carbocycles. The van der Waals surface area contributed by atoms with E-state index in [0.29, 0.717) is 18.0 Å². The molecule has 1 atom stereocenters. The van der Waals surface area contributed by atoms with Gasteiger partial charge in [0.2, 0.25) is 5.91 Å². The quantitative estimate of drug-likeness (QED) is 0.837. The lowest BCUT2D eigenvalue weighted by molar-refractivity contribution is -0.133. The third-order valence-corrected chi connectivity index (χ3v) is 3.76. The van der Waals surface area contributed by atoms with Crippen LogP contribution in [0.2, 0.25) is 0 Å². The number of carbonyl (C=O) groups is 2. The molecule has 18 heavy (non-hydrogen) atoms. The average molecular weight is 268 g/mol. The molecule has 6 heteroatoms. The molecule has 2 rings (SSSR count). The summed E-state index contributed by atoms with van der Waals surface area (Å²) in [6.07, 6.45) is 1.12. The van der Waals surface area contributed by atoms with Crippen LogP contribution in [0, 0.1) is 0 Å². The highest BCUT2D eigenvalue weighted by Crippen LogP contribution is 2.10. The fourth-order valence-corrected chi connectivity index (χ4v) is 2.58. The monoisotopic (exact) mass is 268 g/mol. The minimum absolute atomic E-state index is 0.0105. The Balaban J connectivity index is 1.79. The smallest absolute Gasteiger partial charge is 0.261 e. The third kappa shape index (κ3) is 3.30. The molecule has 2 N–H and O–H groups in total. The molecule has 1 aromatic heterocycles. The summed E-state index contributed by atoms with van der Waals surface area (Å²) in [6, 6.07) is 3.51. The second-order valence-electron chi connectivity index (χ2n) is 4.30. The van der Waals surface area contributed by atoms with E-state index in [0.717, 1.165) is 12.8 Å². The number of aliphatic hydroxyl groups excluding tert-OH is 1. The van der Waals surface area contributed by atoms with Crippen LogP contribution < -0.4 is 5.32 Å². The summed E-state index contributed by atoms with van der Waals surface area (Å²) >= 11 is 1.34. The molecule has 98 valence electrons. The lowest BCUT2D eigenvalue weighted by Gasteiger charge is -2.30. The number of hydrogen-bond donors (Lipinski definition) is 2. The molecule has 1 saturated heterocycles. The number of thiophene rings is 1. The highest BCUT2D eigenvalue weighted by molar-refractivity contribution is 7.12. The summed E-state index contributed by atoms with van der Waals surface area (Å²) in [6.45, 7) is 1.02. The summed E-state index contributed by atoms with van der Waals surface area (Å²) in [5, 5.41) is 13.9. The number of piperidine rings is 1. The van der Waals surface area contributed by atoms with E-state index in [1.807, 2.05) is 5.38 Å². The Bertz CT molecular complexity index is 419. The van der Waals surface area contributed by atoms with Crippen LogP contribution in [-0.4, -0.2) is 47.6 Å². The number of nitrogens with one attached hydrogen (secondary N) is 1. The minimum atomic E-state index is -0.435. The van der Waals surface area contributed by atoms with E-state index in [1.54, 1.807) is 17.0 Å². The van der Waals surface area contributed by atoms with Gasteiger partial charge in [-0.3, -0.25) is 9.59 Å². The molecule has 1 aliphatic rings. The van der Waals surface area contributed by atoms with Crippen molar-refractivity contribution in [2.45, 2.75) is 18.9 Å². The number of amides is 2. The molecule has 5 nitrogen and oxygen atoms in total. The fraction of sp³-hybridized carbons (Fsp3) is 0.500. The van der Waals surface area contributed by atoms with Crippen molar-refractivity contribution in [3.63, 3.8) is 0 Å². The van der Waals surface area contributed by atoms with Crippen molar-refractivity contribution in [3.8, 4) is 0 Å². The highest BCUT2D eigenvalue weighted by atomic mass is 32.1. The fourth-order valence-electron chi connectivity index (χ4n) is 1.94. The van der Waals surface area contributed by atoms with Crippen molar-refractivity contribution in [1.29, 1.82) is 0 Å². The van der Waals surface area contributed by atoms with Crippen LogP contribution in [0.3, 0.4) is 0 Å². The van der Waals surface area contributed by atoms with Crippen LogP contribution in [0.15, 0.2) is 17.5 Å². The van der Waals surface area contributed by atoms with Crippen LogP contribution in [-0.2, 0) is 4.79 Å². The van der Waals surface area contributed by atoms with Gasteiger partial charge in [0, 0.05) is 13.1 Å². The molecule has 0 bridgehead atoms. The molecular formula is C12H16N2O3S. The van der Waals surface area contributed by atoms with Crippen LogP contribution in [0.25, 0.3) is 0 Å². The normalized spacial score (nSPS) is 19.6. The van der Waals surface area contributed by atoms with Gasteiger partial charge in [-0.25, -0.2) is 0 Å². The summed E-state index contributed by atoms with van der Waals surface area (Å²) in [7, 11) is 0. The molecule has 2 amide bonds. The Kier molecular flexibility index (Phi) is 4.33. The zero-order valence-corrected chi connectivity index (χ0v) is 10.8. The first-order chi connectivity index (χ1) is 8.66. The zero-order valence-electron chi connectivity index (χ0n) is 9.96. The number of carbonyl (C=O) groups excluding carboxylic acids is 2. The third-order valence-electron chi connectivity index (χ3n) is 2.89. The maximum absolute atomic E-state index is 11.8. The summed E-state index contributed by atoms with van der Waals surface area (Å²) in [4.78, 5) is 25.7. The van der Waals surface area contributed by atoms with Gasteiger partial charge in [-0.15, -0.1) is 11.3 Å². The van der Waals surface area contributed by atoms with Crippen LogP contribution in [0.1, 0.15) is 22.5 Å². The summed E-state index contributed by atoms with van der Waals surface area (Å²) < 4.78 is 0. The maximum atomic E-state index is 11.8. The van der Waals surface area contributed by atoms with Crippen molar-refractivity contribution < 1.29 is 14.7 Å². The van der Waals surface area contributed by atoms with Gasteiger partial charge in [0.05, 0.1) is 17.5 Å². The van der Waals surface area contributed by atoms with Crippen LogP contribution >= 0.6 is 11.3 Å². The van der Waals surface area contributed by atoms with E-state index < -0.39 is 6.10 Å². The summed E-state index contributed by atoms with van der Waals surface area (Å²) in [5.74, 6) is -0.366. The topological polar surface area (TPSA) is 69.6 Å². The molecule has 0 aliphatic carbocycles. The van der Waals surface area contributed by atoms with Gasteiger partial charge in [-0.1, -0.05) is 6.07 Å². The summed E-state index contributed by atoms with van der Waals surface area (Å²) in [5.41, 5.74) is 0. The first kappa shape index (κ1) is 13.0. The molecule has 1 unspecified atom stereocenters. The maximum Gasteiger partial charge on any atom is 0.261 e. The Morgan fingerprint density at radius 2 is 2.39 bits per heavy atom. The van der Waals surface area contributed by atoms with Crippen molar-refractivity contribution in [2.24, 2.45) is 0 Å². The van der Waals surface area contributed by atoms with E-state index in [2.05, 4.69) is 5.32 Å². The SMILES string of the molecule is O=C(NCC(=O)N1CCCC(O)C1)c1cccs1. The van der Waals surface area contributed by atoms with Gasteiger partial charge in [-0.05, 0) is 24.3 Å². The predicted molar refractivity (Wildman–Crippen MR) is 68.5 cm³/mol. The van der Waals surface area contributed by atoms with Crippen LogP contribution in [0.4, 0.5) is 0 Å². The van der Waals surface area contributed by atoms with Gasteiger partial charge >= 0.3 is 0 Å². The van der Waals surface area contributed by atoms with Crippen LogP contribution in [0.5, 0.6) is 0 Å². The van der Waals surface area contributed by atoms with E-state index in [9.17, 15) is 14.7 Å². The van der Waals surface area contributed by atoms with Crippen molar-refractivity contribution in [2.75, 3.05) is 19.6 Å². The molecule has 0 spiro atoms. The second-order valence-corrected chi connectivity index (χ2v) is 5.24. The van der Waals surface area contributed by atoms with Gasteiger partial charge in [-0.2, -0.15) is 0 Å². The molecule has 1 aliphatic heterocycles. The number of rotatable bonds is 3. The van der Waals surface area contributed by atoms with E-state index in [4.69, 9.17) is 0 Å². The Labute approximate surface area is 109 Å². The first-order valence-corrected chi connectivity index (χ1v) is 6.82. The van der Waals surface area contributed by atoms with Gasteiger partial charge in [0.25, 0.3) is 5.91 Å². The van der Waals surface area contributed by atoms with Gasteiger partial charge in [0.15, 0.2) is 0 Å². The van der Waals surface area contributed by atoms with E-state index >= 15 is 0 Å². The number of likely N-dealkylation sites (tertiary alicyclic amines) is 1. The predicted octanol–water partition coefficient (Wildman–Crippen LogP) is 0.461. The molecular weight excluding hydrogens is 252 g/mol. The molecule has 2 heterocycles. The zero-order chi connectivity index (χ0) is 13.0. The standard InChI is InChI=1S/C12H16N2O3S/c15-9-3-1-5-14(8-9)11(16)7-13-12(17)10-4-2-6-18-10/h2,4,6,9,15H,1,3,5,7-8H2,(H,13,17). The molecule has 1 aromatic rings. The highest BCUT2D eigenvalue weighted by Gasteiger charge is 2.22. The Morgan fingerprint density at radius 3 is 3.06 bits per heavy atom. The average Bonchev–Trinajstić information content (AvgIpc) is 2.89. The molecule has 0 saturated carbocycles. The van der Waals surface area contributed by atoms with E-state index in [1.165, 1.54) is 11.3 Å². The van der Waals surface area contributed by atoms with Crippen molar-refractivity contribution >= 4 is 23.2 Å². The number of hydrogen-bond acceptors (Lipinski definition) is 4.